The Hall–Kier alpha value is -1.59. The molecule has 2 aromatic rings. The van der Waals surface area contributed by atoms with Crippen molar-refractivity contribution in [2.24, 2.45) is 0 Å². The van der Waals surface area contributed by atoms with Crippen LogP contribution in [-0.2, 0) is 4.79 Å². The molecule has 1 aromatic carbocycles. The Balaban J connectivity index is 1.89. The zero-order valence-corrected chi connectivity index (χ0v) is 10.4. The molecule has 5 heteroatoms. The van der Waals surface area contributed by atoms with E-state index in [0.29, 0.717) is 5.75 Å². The summed E-state index contributed by atoms with van der Waals surface area (Å²) in [7, 11) is 0. The molecule has 2 atom stereocenters. The molecule has 0 aliphatic carbocycles. The average molecular weight is 260 g/mol. The third-order valence-electron chi connectivity index (χ3n) is 2.97. The van der Waals surface area contributed by atoms with Gasteiger partial charge in [0.15, 0.2) is 0 Å². The summed E-state index contributed by atoms with van der Waals surface area (Å²) >= 11 is 1.59. The van der Waals surface area contributed by atoms with Crippen molar-refractivity contribution in [3.63, 3.8) is 0 Å². The molecule has 4 nitrogen and oxygen atoms in total. The van der Waals surface area contributed by atoms with Gasteiger partial charge in [0.1, 0.15) is 6.04 Å². The molecule has 2 N–H and O–H groups in total. The summed E-state index contributed by atoms with van der Waals surface area (Å²) in [5.74, 6) is -0.222. The molecule has 1 aliphatic rings. The van der Waals surface area contributed by atoms with Crippen molar-refractivity contribution in [2.75, 3.05) is 5.75 Å². The van der Waals surface area contributed by atoms with Gasteiger partial charge >= 0.3 is 5.97 Å². The molecule has 0 radical (unpaired) electrons. The second-order valence-electron chi connectivity index (χ2n) is 4.20. The van der Waals surface area contributed by atoms with E-state index < -0.39 is 12.0 Å². The van der Waals surface area contributed by atoms with Crippen LogP contribution in [0.1, 0.15) is 11.1 Å². The summed E-state index contributed by atoms with van der Waals surface area (Å²) in [4.78, 5) is 15.5. The lowest BCUT2D eigenvalue weighted by molar-refractivity contribution is -0.138. The maximum atomic E-state index is 10.9. The summed E-state index contributed by atoms with van der Waals surface area (Å²) in [6, 6.07) is 11.4. The Kier molecular flexibility index (Phi) is 2.93. The molecule has 92 valence electrons. The predicted octanol–water partition coefficient (Wildman–Crippen LogP) is 2.02. The quantitative estimate of drug-likeness (QED) is 0.865. The van der Waals surface area contributed by atoms with Gasteiger partial charge in [-0.15, -0.1) is 11.8 Å². The van der Waals surface area contributed by atoms with Gasteiger partial charge in [0, 0.05) is 11.1 Å². The molecule has 0 amide bonds. The first-order valence-electron chi connectivity index (χ1n) is 5.70. The van der Waals surface area contributed by atoms with Gasteiger partial charge < -0.3 is 5.11 Å². The third kappa shape index (κ3) is 2.07. The van der Waals surface area contributed by atoms with E-state index >= 15 is 0 Å². The van der Waals surface area contributed by atoms with Gasteiger partial charge in [-0.1, -0.05) is 24.3 Å². The lowest BCUT2D eigenvalue weighted by Crippen LogP contribution is -2.33. The van der Waals surface area contributed by atoms with E-state index in [-0.39, 0.29) is 5.37 Å². The fourth-order valence-corrected chi connectivity index (χ4v) is 3.20. The zero-order valence-electron chi connectivity index (χ0n) is 9.54. The fourth-order valence-electron chi connectivity index (χ4n) is 2.01. The van der Waals surface area contributed by atoms with Crippen molar-refractivity contribution in [1.82, 2.24) is 10.3 Å². The number of thioether (sulfide) groups is 1. The second-order valence-corrected chi connectivity index (χ2v) is 5.34. The van der Waals surface area contributed by atoms with Gasteiger partial charge in [-0.3, -0.25) is 15.1 Å². The minimum atomic E-state index is -0.800. The van der Waals surface area contributed by atoms with Gasteiger partial charge in [-0.25, -0.2) is 0 Å². The number of nitrogens with one attached hydrogen (secondary N) is 1. The van der Waals surface area contributed by atoms with Gasteiger partial charge in [0.05, 0.1) is 16.6 Å². The van der Waals surface area contributed by atoms with E-state index in [2.05, 4.69) is 10.3 Å². The number of carboxylic acids is 1. The molecule has 18 heavy (non-hydrogen) atoms. The molecular weight excluding hydrogens is 248 g/mol. The topological polar surface area (TPSA) is 62.2 Å². The molecule has 1 saturated heterocycles. The van der Waals surface area contributed by atoms with Crippen LogP contribution in [0.3, 0.4) is 0 Å². The minimum Gasteiger partial charge on any atom is -0.480 e. The van der Waals surface area contributed by atoms with Gasteiger partial charge in [-0.05, 0) is 12.1 Å². The maximum Gasteiger partial charge on any atom is 0.321 e. The van der Waals surface area contributed by atoms with Crippen LogP contribution < -0.4 is 5.32 Å². The standard InChI is InChI=1S/C13H12N2O2S/c16-13(17)11-7-18-12(15-11)10-6-5-8-3-1-2-4-9(8)14-10/h1-6,11-12,15H,7H2,(H,16,17). The first kappa shape index (κ1) is 11.5. The van der Waals surface area contributed by atoms with E-state index in [9.17, 15) is 4.79 Å². The number of hydrogen-bond acceptors (Lipinski definition) is 4. The van der Waals surface area contributed by atoms with Crippen molar-refractivity contribution in [2.45, 2.75) is 11.4 Å². The molecule has 1 fully saturated rings. The number of carboxylic acid groups (broad SMARTS) is 1. The average Bonchev–Trinajstić information content (AvgIpc) is 2.88. The predicted molar refractivity (Wildman–Crippen MR) is 71.5 cm³/mol. The number of aliphatic carboxylic acids is 1. The number of benzene rings is 1. The highest BCUT2D eigenvalue weighted by molar-refractivity contribution is 7.99. The van der Waals surface area contributed by atoms with Crippen molar-refractivity contribution >= 4 is 28.6 Å². The molecule has 0 saturated carbocycles. The van der Waals surface area contributed by atoms with Crippen LogP contribution >= 0.6 is 11.8 Å². The van der Waals surface area contributed by atoms with Crippen LogP contribution in [0.4, 0.5) is 0 Å². The van der Waals surface area contributed by atoms with Crippen molar-refractivity contribution in [3.8, 4) is 0 Å². The molecule has 1 aromatic heterocycles. The molecule has 2 heterocycles. The van der Waals surface area contributed by atoms with E-state index in [1.54, 1.807) is 11.8 Å². The smallest absolute Gasteiger partial charge is 0.321 e. The van der Waals surface area contributed by atoms with Crippen LogP contribution in [0.2, 0.25) is 0 Å². The number of carbonyl (C=O) groups is 1. The number of aromatic nitrogens is 1. The first-order chi connectivity index (χ1) is 8.74. The molecule has 2 unspecified atom stereocenters. The number of nitrogens with zero attached hydrogens (tertiary/aromatic N) is 1. The number of rotatable bonds is 2. The van der Waals surface area contributed by atoms with E-state index in [0.717, 1.165) is 16.6 Å². The highest BCUT2D eigenvalue weighted by atomic mass is 32.2. The summed E-state index contributed by atoms with van der Waals surface area (Å²) in [6.45, 7) is 0. The number of fused-ring (bicyclic) bond motifs is 1. The second kappa shape index (κ2) is 4.59. The van der Waals surface area contributed by atoms with Gasteiger partial charge in [0.25, 0.3) is 0 Å². The van der Waals surface area contributed by atoms with Crippen LogP contribution in [0.15, 0.2) is 36.4 Å². The van der Waals surface area contributed by atoms with E-state index in [1.807, 2.05) is 36.4 Å². The van der Waals surface area contributed by atoms with E-state index in [1.165, 1.54) is 0 Å². The zero-order chi connectivity index (χ0) is 12.5. The van der Waals surface area contributed by atoms with Crippen LogP contribution in [0.25, 0.3) is 10.9 Å². The minimum absolute atomic E-state index is 0.0318. The first-order valence-corrected chi connectivity index (χ1v) is 6.75. The van der Waals surface area contributed by atoms with Crippen LogP contribution in [-0.4, -0.2) is 27.9 Å². The number of pyridine rings is 1. The molecular formula is C13H12N2O2S. The lowest BCUT2D eigenvalue weighted by atomic mass is 10.2. The van der Waals surface area contributed by atoms with Crippen molar-refractivity contribution < 1.29 is 9.90 Å². The summed E-state index contributed by atoms with van der Waals surface area (Å²) in [5.41, 5.74) is 1.83. The fraction of sp³-hybridized carbons (Fsp3) is 0.231. The van der Waals surface area contributed by atoms with Gasteiger partial charge in [-0.2, -0.15) is 0 Å². The monoisotopic (exact) mass is 260 g/mol. The van der Waals surface area contributed by atoms with Gasteiger partial charge in [0.2, 0.25) is 0 Å². The largest absolute Gasteiger partial charge is 0.480 e. The summed E-state index contributed by atoms with van der Waals surface area (Å²) < 4.78 is 0. The maximum absolute atomic E-state index is 10.9. The Morgan fingerprint density at radius 1 is 1.33 bits per heavy atom. The van der Waals surface area contributed by atoms with E-state index in [4.69, 9.17) is 5.11 Å². The Morgan fingerprint density at radius 2 is 2.17 bits per heavy atom. The van der Waals surface area contributed by atoms with Crippen LogP contribution in [0.5, 0.6) is 0 Å². The van der Waals surface area contributed by atoms with Crippen LogP contribution in [0, 0.1) is 0 Å². The number of para-hydroxylation sites is 1. The molecule has 0 spiro atoms. The Labute approximate surface area is 108 Å². The lowest BCUT2D eigenvalue weighted by Gasteiger charge is -2.11. The third-order valence-corrected chi connectivity index (χ3v) is 4.21. The van der Waals surface area contributed by atoms with Crippen molar-refractivity contribution in [1.29, 1.82) is 0 Å². The summed E-state index contributed by atoms with van der Waals surface area (Å²) in [6.07, 6.45) is 0. The molecule has 0 bridgehead atoms. The Morgan fingerprint density at radius 3 is 2.94 bits per heavy atom. The summed E-state index contributed by atoms with van der Waals surface area (Å²) in [5, 5.41) is 13.1. The normalized spacial score (nSPS) is 23.3. The SMILES string of the molecule is O=C(O)C1CSC(c2ccc3ccccc3n2)N1. The Bertz CT molecular complexity index is 602. The highest BCUT2D eigenvalue weighted by Crippen LogP contribution is 2.32. The molecule has 3 rings (SSSR count). The molecule has 1 aliphatic heterocycles. The highest BCUT2D eigenvalue weighted by Gasteiger charge is 2.30. The van der Waals surface area contributed by atoms with Crippen molar-refractivity contribution in [3.05, 3.63) is 42.1 Å². The number of hydrogen-bond donors (Lipinski definition) is 2.